The lowest BCUT2D eigenvalue weighted by atomic mass is 10.0. The van der Waals surface area contributed by atoms with E-state index in [4.69, 9.17) is 12.2 Å². The second kappa shape index (κ2) is 3.99. The predicted octanol–water partition coefficient (Wildman–Crippen LogP) is 4.03. The van der Waals surface area contributed by atoms with Crippen LogP contribution < -0.4 is 0 Å². The summed E-state index contributed by atoms with van der Waals surface area (Å²) in [5.41, 5.74) is 4.91. The summed E-state index contributed by atoms with van der Waals surface area (Å²) in [6.45, 7) is 4.25. The zero-order valence-electron chi connectivity index (χ0n) is 8.87. The van der Waals surface area contributed by atoms with Crippen molar-refractivity contribution in [1.82, 2.24) is 4.98 Å². The lowest BCUT2D eigenvalue weighted by Gasteiger charge is -2.08. The van der Waals surface area contributed by atoms with Gasteiger partial charge in [0.2, 0.25) is 0 Å². The normalized spacial score (nSPS) is 10.3. The van der Waals surface area contributed by atoms with E-state index in [9.17, 15) is 0 Å². The monoisotopic (exact) mass is 215 g/mol. The van der Waals surface area contributed by atoms with Crippen LogP contribution in [-0.2, 0) is 0 Å². The van der Waals surface area contributed by atoms with Crippen LogP contribution in [0.3, 0.4) is 0 Å². The van der Waals surface area contributed by atoms with Crippen LogP contribution in [0.1, 0.15) is 11.1 Å². The van der Waals surface area contributed by atoms with Gasteiger partial charge in [0, 0.05) is 11.3 Å². The Morgan fingerprint density at radius 1 is 1.00 bits per heavy atom. The third-order valence-electron chi connectivity index (χ3n) is 2.66. The molecule has 0 saturated carbocycles. The van der Waals surface area contributed by atoms with Crippen LogP contribution in [0.25, 0.3) is 11.3 Å². The number of rotatable bonds is 1. The highest BCUT2D eigenvalue weighted by Gasteiger charge is 2.02. The van der Waals surface area contributed by atoms with Gasteiger partial charge in [0.15, 0.2) is 0 Å². The highest BCUT2D eigenvalue weighted by Crippen LogP contribution is 2.23. The van der Waals surface area contributed by atoms with Gasteiger partial charge in [-0.25, -0.2) is 0 Å². The highest BCUT2D eigenvalue weighted by molar-refractivity contribution is 7.71. The molecule has 2 aromatic rings. The molecule has 0 bridgehead atoms. The zero-order chi connectivity index (χ0) is 10.8. The van der Waals surface area contributed by atoms with Crippen molar-refractivity contribution in [3.63, 3.8) is 0 Å². The third kappa shape index (κ3) is 2.00. The minimum atomic E-state index is 0.772. The molecule has 0 atom stereocenters. The van der Waals surface area contributed by atoms with Crippen LogP contribution in [-0.4, -0.2) is 4.98 Å². The second-order valence-electron chi connectivity index (χ2n) is 3.68. The van der Waals surface area contributed by atoms with Crippen LogP contribution in [0, 0.1) is 18.5 Å². The minimum absolute atomic E-state index is 0.772. The Morgan fingerprint density at radius 2 is 1.73 bits per heavy atom. The van der Waals surface area contributed by atoms with E-state index in [2.05, 4.69) is 43.1 Å². The summed E-state index contributed by atoms with van der Waals surface area (Å²) in [6.07, 6.45) is 0. The molecule has 2 heteroatoms. The van der Waals surface area contributed by atoms with Gasteiger partial charge in [-0.05, 0) is 37.1 Å². The number of benzene rings is 1. The number of H-pyrrole nitrogens is 1. The first-order valence-electron chi connectivity index (χ1n) is 4.94. The predicted molar refractivity (Wildman–Crippen MR) is 66.5 cm³/mol. The maximum absolute atomic E-state index is 5.12. The molecule has 76 valence electrons. The van der Waals surface area contributed by atoms with E-state index in [0.717, 1.165) is 10.3 Å². The van der Waals surface area contributed by atoms with E-state index in [0.29, 0.717) is 0 Å². The van der Waals surface area contributed by atoms with Crippen molar-refractivity contribution in [2.24, 2.45) is 0 Å². The van der Waals surface area contributed by atoms with Crippen molar-refractivity contribution >= 4 is 12.2 Å². The summed E-state index contributed by atoms with van der Waals surface area (Å²) >= 11 is 5.12. The van der Waals surface area contributed by atoms with Gasteiger partial charge in [0.25, 0.3) is 0 Å². The van der Waals surface area contributed by atoms with Crippen molar-refractivity contribution in [2.75, 3.05) is 0 Å². The first-order valence-corrected chi connectivity index (χ1v) is 5.35. The van der Waals surface area contributed by atoms with Gasteiger partial charge in [0.05, 0.1) is 0 Å². The Hall–Kier alpha value is -1.41. The van der Waals surface area contributed by atoms with Crippen LogP contribution >= 0.6 is 12.2 Å². The molecule has 1 N–H and O–H groups in total. The number of pyridine rings is 1. The summed E-state index contributed by atoms with van der Waals surface area (Å²) in [7, 11) is 0. The van der Waals surface area contributed by atoms with Crippen molar-refractivity contribution in [3.8, 4) is 11.3 Å². The molecular weight excluding hydrogens is 202 g/mol. The molecule has 0 unspecified atom stereocenters. The summed E-state index contributed by atoms with van der Waals surface area (Å²) in [4.78, 5) is 3.21. The fourth-order valence-corrected chi connectivity index (χ4v) is 1.84. The maximum Gasteiger partial charge on any atom is 0.103 e. The van der Waals surface area contributed by atoms with Gasteiger partial charge in [-0.1, -0.05) is 36.5 Å². The number of hydrogen-bond acceptors (Lipinski definition) is 1. The Balaban J connectivity index is 2.64. The van der Waals surface area contributed by atoms with Crippen molar-refractivity contribution in [3.05, 3.63) is 52.2 Å². The Morgan fingerprint density at radius 3 is 2.47 bits per heavy atom. The number of hydrogen-bond donors (Lipinski definition) is 1. The van der Waals surface area contributed by atoms with Crippen LogP contribution in [0.15, 0.2) is 36.4 Å². The standard InChI is InChI=1S/C13H13NS/c1-9-5-3-6-11(10(9)2)12-7-4-8-13(15)14-12/h3-8H,1-2H3,(H,14,15). The Labute approximate surface area is 94.8 Å². The number of aryl methyl sites for hydroxylation is 1. The zero-order valence-corrected chi connectivity index (χ0v) is 9.69. The molecule has 0 radical (unpaired) electrons. The number of nitrogens with one attached hydrogen (secondary N) is 1. The molecule has 0 spiro atoms. The van der Waals surface area contributed by atoms with Crippen molar-refractivity contribution in [1.29, 1.82) is 0 Å². The van der Waals surface area contributed by atoms with Gasteiger partial charge < -0.3 is 4.98 Å². The molecule has 1 nitrogen and oxygen atoms in total. The summed E-state index contributed by atoms with van der Waals surface area (Å²) < 4.78 is 0.772. The van der Waals surface area contributed by atoms with E-state index in [1.165, 1.54) is 16.7 Å². The van der Waals surface area contributed by atoms with Gasteiger partial charge in [-0.2, -0.15) is 0 Å². The Bertz CT molecular complexity index is 540. The molecule has 1 aromatic heterocycles. The molecule has 15 heavy (non-hydrogen) atoms. The quantitative estimate of drug-likeness (QED) is 0.710. The SMILES string of the molecule is Cc1cccc(-c2cccc(=S)[nH]2)c1C. The fraction of sp³-hybridized carbons (Fsp3) is 0.154. The maximum atomic E-state index is 5.12. The number of aromatic nitrogens is 1. The molecule has 2 rings (SSSR count). The smallest absolute Gasteiger partial charge is 0.103 e. The fourth-order valence-electron chi connectivity index (χ4n) is 1.65. The van der Waals surface area contributed by atoms with Gasteiger partial charge >= 0.3 is 0 Å². The summed E-state index contributed by atoms with van der Waals surface area (Å²) in [6, 6.07) is 12.2. The number of aromatic amines is 1. The lowest BCUT2D eigenvalue weighted by Crippen LogP contribution is -1.89. The van der Waals surface area contributed by atoms with Crippen molar-refractivity contribution < 1.29 is 0 Å². The minimum Gasteiger partial charge on any atom is -0.346 e. The summed E-state index contributed by atoms with van der Waals surface area (Å²) in [5.74, 6) is 0. The van der Waals surface area contributed by atoms with Gasteiger partial charge in [-0.3, -0.25) is 0 Å². The van der Waals surface area contributed by atoms with Crippen LogP contribution in [0.4, 0.5) is 0 Å². The first-order chi connectivity index (χ1) is 7.18. The first kappa shape index (κ1) is 10.1. The molecule has 0 aliphatic rings. The van der Waals surface area contributed by atoms with Crippen LogP contribution in [0.5, 0.6) is 0 Å². The molecule has 0 aliphatic heterocycles. The van der Waals surface area contributed by atoms with Gasteiger partial charge in [-0.15, -0.1) is 0 Å². The topological polar surface area (TPSA) is 15.8 Å². The van der Waals surface area contributed by atoms with Crippen molar-refractivity contribution in [2.45, 2.75) is 13.8 Å². The van der Waals surface area contributed by atoms with E-state index in [1.54, 1.807) is 0 Å². The molecule has 0 amide bonds. The largest absolute Gasteiger partial charge is 0.346 e. The highest BCUT2D eigenvalue weighted by atomic mass is 32.1. The van der Waals surface area contributed by atoms with E-state index in [-0.39, 0.29) is 0 Å². The molecule has 1 heterocycles. The molecule has 1 aromatic carbocycles. The molecular formula is C13H13NS. The van der Waals surface area contributed by atoms with Crippen LogP contribution in [0.2, 0.25) is 0 Å². The molecule has 0 aliphatic carbocycles. The van der Waals surface area contributed by atoms with E-state index < -0.39 is 0 Å². The summed E-state index contributed by atoms with van der Waals surface area (Å²) in [5, 5.41) is 0. The third-order valence-corrected chi connectivity index (χ3v) is 2.90. The average molecular weight is 215 g/mol. The van der Waals surface area contributed by atoms with E-state index in [1.807, 2.05) is 12.1 Å². The Kier molecular flexibility index (Phi) is 2.69. The molecule has 0 saturated heterocycles. The average Bonchev–Trinajstić information content (AvgIpc) is 2.22. The molecule has 0 fully saturated rings. The van der Waals surface area contributed by atoms with Gasteiger partial charge in [0.1, 0.15) is 4.64 Å². The van der Waals surface area contributed by atoms with E-state index >= 15 is 0 Å². The lowest BCUT2D eigenvalue weighted by molar-refractivity contribution is 1.26. The second-order valence-corrected chi connectivity index (χ2v) is 4.12.